The van der Waals surface area contributed by atoms with Crippen molar-refractivity contribution in [1.29, 1.82) is 0 Å². The number of aromatic carboxylic acids is 1. The van der Waals surface area contributed by atoms with Gasteiger partial charge in [-0.3, -0.25) is 0 Å². The molecule has 6 nitrogen and oxygen atoms in total. The Morgan fingerprint density at radius 2 is 1.68 bits per heavy atom. The van der Waals surface area contributed by atoms with E-state index >= 15 is 0 Å². The van der Waals surface area contributed by atoms with Crippen molar-refractivity contribution in [3.63, 3.8) is 0 Å². The first kappa shape index (κ1) is 15.4. The molecule has 3 aromatic rings. The molecule has 4 rings (SSSR count). The third-order valence-electron chi connectivity index (χ3n) is 4.54. The lowest BCUT2D eigenvalue weighted by atomic mass is 9.99. The van der Waals surface area contributed by atoms with Gasteiger partial charge < -0.3 is 10.0 Å². The van der Waals surface area contributed by atoms with Crippen molar-refractivity contribution in [3.05, 3.63) is 71.9 Å². The van der Waals surface area contributed by atoms with Crippen molar-refractivity contribution in [2.24, 2.45) is 0 Å². The first-order valence-corrected chi connectivity index (χ1v) is 8.28. The molecule has 1 aliphatic rings. The number of nitrogens with zero attached hydrogens (tertiary/aromatic N) is 4. The quantitative estimate of drug-likeness (QED) is 0.794. The van der Waals surface area contributed by atoms with Gasteiger partial charge in [-0.25, -0.2) is 4.79 Å². The second-order valence-corrected chi connectivity index (χ2v) is 6.14. The van der Waals surface area contributed by atoms with Crippen LogP contribution in [0.25, 0.3) is 5.69 Å². The van der Waals surface area contributed by atoms with Gasteiger partial charge in [-0.2, -0.15) is 0 Å². The average molecular weight is 334 g/mol. The lowest BCUT2D eigenvalue weighted by molar-refractivity contribution is 0.0690. The van der Waals surface area contributed by atoms with Crippen molar-refractivity contribution in [2.75, 3.05) is 18.0 Å². The SMILES string of the molecule is O=C(O)c1nn(-c2ccccc2)nc1N1CCC(c2ccccc2)C1. The fourth-order valence-electron chi connectivity index (χ4n) is 3.28. The van der Waals surface area contributed by atoms with Gasteiger partial charge >= 0.3 is 5.97 Å². The van der Waals surface area contributed by atoms with E-state index < -0.39 is 5.97 Å². The molecule has 1 saturated heterocycles. The van der Waals surface area contributed by atoms with Gasteiger partial charge in [0.1, 0.15) is 0 Å². The number of carbonyl (C=O) groups is 1. The molecule has 1 fully saturated rings. The predicted octanol–water partition coefficient (Wildman–Crippen LogP) is 2.96. The zero-order chi connectivity index (χ0) is 17.2. The summed E-state index contributed by atoms with van der Waals surface area (Å²) in [6.07, 6.45) is 0.973. The Kier molecular flexibility index (Phi) is 3.93. The third kappa shape index (κ3) is 2.98. The van der Waals surface area contributed by atoms with Crippen LogP contribution in [-0.4, -0.2) is 39.2 Å². The largest absolute Gasteiger partial charge is 0.476 e. The van der Waals surface area contributed by atoms with E-state index in [0.29, 0.717) is 11.7 Å². The number of hydrogen-bond acceptors (Lipinski definition) is 4. The minimum absolute atomic E-state index is 0.00225. The van der Waals surface area contributed by atoms with Crippen LogP contribution in [0.5, 0.6) is 0 Å². The molecule has 0 saturated carbocycles. The molecule has 1 aliphatic heterocycles. The van der Waals surface area contributed by atoms with Gasteiger partial charge in [0.15, 0.2) is 5.82 Å². The molecule has 0 amide bonds. The van der Waals surface area contributed by atoms with Crippen molar-refractivity contribution in [3.8, 4) is 5.69 Å². The molecule has 1 atom stereocenters. The van der Waals surface area contributed by atoms with Gasteiger partial charge in [0, 0.05) is 19.0 Å². The van der Waals surface area contributed by atoms with Crippen molar-refractivity contribution < 1.29 is 9.90 Å². The zero-order valence-corrected chi connectivity index (χ0v) is 13.6. The summed E-state index contributed by atoms with van der Waals surface area (Å²) in [5, 5.41) is 18.2. The fourth-order valence-corrected chi connectivity index (χ4v) is 3.28. The van der Waals surface area contributed by atoms with Crippen LogP contribution in [0.4, 0.5) is 5.82 Å². The molecule has 126 valence electrons. The molecule has 2 aromatic carbocycles. The van der Waals surface area contributed by atoms with E-state index in [9.17, 15) is 9.90 Å². The van der Waals surface area contributed by atoms with Crippen molar-refractivity contribution >= 4 is 11.8 Å². The minimum atomic E-state index is -1.06. The maximum atomic E-state index is 11.6. The lowest BCUT2D eigenvalue weighted by Crippen LogP contribution is -2.22. The van der Waals surface area contributed by atoms with Crippen LogP contribution >= 0.6 is 0 Å². The summed E-state index contributed by atoms with van der Waals surface area (Å²) < 4.78 is 0. The summed E-state index contributed by atoms with van der Waals surface area (Å²) in [5.41, 5.74) is 2.02. The highest BCUT2D eigenvalue weighted by Gasteiger charge is 2.30. The maximum Gasteiger partial charge on any atom is 0.360 e. The van der Waals surface area contributed by atoms with E-state index in [-0.39, 0.29) is 5.69 Å². The average Bonchev–Trinajstić information content (AvgIpc) is 3.30. The Labute approximate surface area is 145 Å². The number of benzene rings is 2. The van der Waals surface area contributed by atoms with E-state index in [0.717, 1.165) is 25.2 Å². The second-order valence-electron chi connectivity index (χ2n) is 6.14. The molecule has 6 heteroatoms. The van der Waals surface area contributed by atoms with E-state index in [4.69, 9.17) is 0 Å². The fraction of sp³-hybridized carbons (Fsp3) is 0.211. The Morgan fingerprint density at radius 3 is 2.36 bits per heavy atom. The van der Waals surface area contributed by atoms with Crippen LogP contribution < -0.4 is 4.90 Å². The summed E-state index contributed by atoms with van der Waals surface area (Å²) in [7, 11) is 0. The van der Waals surface area contributed by atoms with Crippen LogP contribution in [0.1, 0.15) is 28.4 Å². The standard InChI is InChI=1S/C19H18N4O2/c24-19(25)17-18(21-23(20-17)16-9-5-2-6-10-16)22-12-11-15(13-22)14-7-3-1-4-8-14/h1-10,15H,11-13H2,(H,24,25). The van der Waals surface area contributed by atoms with Crippen LogP contribution in [0.3, 0.4) is 0 Å². The summed E-state index contributed by atoms with van der Waals surface area (Å²) in [6, 6.07) is 19.7. The molecule has 2 heterocycles. The third-order valence-corrected chi connectivity index (χ3v) is 4.54. The second kappa shape index (κ2) is 6.39. The highest BCUT2D eigenvalue weighted by Crippen LogP contribution is 2.31. The van der Waals surface area contributed by atoms with Gasteiger partial charge in [-0.1, -0.05) is 48.5 Å². The number of para-hydroxylation sites is 1. The summed E-state index contributed by atoms with van der Waals surface area (Å²) in [6.45, 7) is 1.52. The highest BCUT2D eigenvalue weighted by atomic mass is 16.4. The maximum absolute atomic E-state index is 11.6. The Balaban J connectivity index is 1.64. The summed E-state index contributed by atoms with van der Waals surface area (Å²) in [4.78, 5) is 15.1. The van der Waals surface area contributed by atoms with Crippen molar-refractivity contribution in [1.82, 2.24) is 15.0 Å². The Morgan fingerprint density at radius 1 is 1.00 bits per heavy atom. The van der Waals surface area contributed by atoms with Crippen LogP contribution in [0.2, 0.25) is 0 Å². The number of rotatable bonds is 4. The highest BCUT2D eigenvalue weighted by molar-refractivity contribution is 5.91. The zero-order valence-electron chi connectivity index (χ0n) is 13.6. The van der Waals surface area contributed by atoms with E-state index in [1.807, 2.05) is 53.4 Å². The van der Waals surface area contributed by atoms with Gasteiger partial charge in [0.05, 0.1) is 5.69 Å². The lowest BCUT2D eigenvalue weighted by Gasteiger charge is -2.16. The predicted molar refractivity (Wildman–Crippen MR) is 94.3 cm³/mol. The molecule has 1 unspecified atom stereocenters. The van der Waals surface area contributed by atoms with E-state index in [1.165, 1.54) is 10.4 Å². The monoisotopic (exact) mass is 334 g/mol. The van der Waals surface area contributed by atoms with E-state index in [2.05, 4.69) is 22.3 Å². The molecular weight excluding hydrogens is 316 g/mol. The number of anilines is 1. The number of hydrogen-bond donors (Lipinski definition) is 1. The number of carboxylic acids is 1. The number of aromatic nitrogens is 3. The van der Waals surface area contributed by atoms with E-state index in [1.54, 1.807) is 0 Å². The number of carboxylic acid groups (broad SMARTS) is 1. The first-order chi connectivity index (χ1) is 12.2. The van der Waals surface area contributed by atoms with Gasteiger partial charge in [0.25, 0.3) is 0 Å². The van der Waals surface area contributed by atoms with Crippen LogP contribution in [0.15, 0.2) is 60.7 Å². The Hall–Kier alpha value is -3.15. The molecule has 0 aliphatic carbocycles. The normalized spacial score (nSPS) is 17.0. The van der Waals surface area contributed by atoms with Crippen LogP contribution in [-0.2, 0) is 0 Å². The molecule has 25 heavy (non-hydrogen) atoms. The minimum Gasteiger partial charge on any atom is -0.476 e. The molecule has 0 spiro atoms. The topological polar surface area (TPSA) is 71.2 Å². The van der Waals surface area contributed by atoms with Crippen LogP contribution in [0, 0.1) is 0 Å². The summed E-state index contributed by atoms with van der Waals surface area (Å²) >= 11 is 0. The molecule has 0 radical (unpaired) electrons. The Bertz CT molecular complexity index is 877. The summed E-state index contributed by atoms with van der Waals surface area (Å²) in [5.74, 6) is -0.236. The van der Waals surface area contributed by atoms with Gasteiger partial charge in [-0.15, -0.1) is 15.0 Å². The van der Waals surface area contributed by atoms with Gasteiger partial charge in [-0.05, 0) is 24.1 Å². The first-order valence-electron chi connectivity index (χ1n) is 8.28. The molecular formula is C19H18N4O2. The molecule has 1 aromatic heterocycles. The molecule has 1 N–H and O–H groups in total. The molecule has 0 bridgehead atoms. The van der Waals surface area contributed by atoms with Gasteiger partial charge in [0.2, 0.25) is 5.69 Å². The smallest absolute Gasteiger partial charge is 0.360 e. The van der Waals surface area contributed by atoms with Crippen molar-refractivity contribution in [2.45, 2.75) is 12.3 Å².